The molecule has 2 unspecified atom stereocenters. The number of rotatable bonds is 12. The summed E-state index contributed by atoms with van der Waals surface area (Å²) in [5.41, 5.74) is 3.12. The fraction of sp³-hybridized carbons (Fsp3) is 0.486. The number of Topliss-reactive ketones (excluding diaryl/α,β-unsaturated/α-hetero) is 1. The van der Waals surface area contributed by atoms with E-state index in [0.717, 1.165) is 54.7 Å². The Bertz CT molecular complexity index is 1720. The van der Waals surface area contributed by atoms with Crippen LogP contribution in [0.4, 0.5) is 26.1 Å². The van der Waals surface area contributed by atoms with Crippen molar-refractivity contribution < 1.29 is 37.3 Å². The van der Waals surface area contributed by atoms with Crippen LogP contribution in [0.1, 0.15) is 64.5 Å². The van der Waals surface area contributed by atoms with E-state index in [2.05, 4.69) is 17.3 Å². The molecule has 50 heavy (non-hydrogen) atoms. The zero-order valence-corrected chi connectivity index (χ0v) is 30.3. The summed E-state index contributed by atoms with van der Waals surface area (Å²) in [4.78, 5) is 16.9. The lowest BCUT2D eigenvalue weighted by Gasteiger charge is -2.24. The Morgan fingerprint density at radius 3 is 2.24 bits per heavy atom. The largest absolute Gasteiger partial charge is 0.493 e. The van der Waals surface area contributed by atoms with E-state index in [1.54, 1.807) is 28.3 Å². The van der Waals surface area contributed by atoms with Crippen molar-refractivity contribution >= 4 is 28.8 Å². The van der Waals surface area contributed by atoms with Crippen molar-refractivity contribution in [3.8, 4) is 28.7 Å². The van der Waals surface area contributed by atoms with Gasteiger partial charge < -0.3 is 38.7 Å². The molecule has 3 heterocycles. The van der Waals surface area contributed by atoms with Crippen LogP contribution in [0, 0.1) is 11.7 Å². The van der Waals surface area contributed by atoms with Gasteiger partial charge in [0.2, 0.25) is 5.75 Å². The summed E-state index contributed by atoms with van der Waals surface area (Å²) in [5, 5.41) is 7.89. The zero-order valence-electron chi connectivity index (χ0n) is 30.3. The molecule has 0 amide bonds. The van der Waals surface area contributed by atoms with Gasteiger partial charge >= 0.3 is 0 Å². The van der Waals surface area contributed by atoms with Gasteiger partial charge in [0.15, 0.2) is 28.6 Å². The van der Waals surface area contributed by atoms with Crippen molar-refractivity contribution in [2.45, 2.75) is 72.5 Å². The molecular weight excluding hydrogens is 648 g/mol. The average molecular weight is 698 g/mol. The van der Waals surface area contributed by atoms with E-state index in [1.165, 1.54) is 12.1 Å². The van der Waals surface area contributed by atoms with E-state index in [1.807, 2.05) is 54.7 Å². The maximum Gasteiger partial charge on any atom is 0.203 e. The molecule has 1 aliphatic heterocycles. The predicted molar refractivity (Wildman–Crippen MR) is 190 cm³/mol. The molecule has 6 rings (SSSR count). The van der Waals surface area contributed by atoms with Gasteiger partial charge in [-0.05, 0) is 49.8 Å². The molecule has 1 aliphatic carbocycles. The van der Waals surface area contributed by atoms with Gasteiger partial charge in [-0.15, -0.1) is 0 Å². The Morgan fingerprint density at radius 1 is 1.04 bits per heavy atom. The number of carbonyl (C=O) groups is 1. The first-order chi connectivity index (χ1) is 24.0. The number of alkyl halides is 1. The summed E-state index contributed by atoms with van der Waals surface area (Å²) < 4.78 is 55.6. The quantitative estimate of drug-likeness (QED) is 0.158. The van der Waals surface area contributed by atoms with Gasteiger partial charge in [-0.3, -0.25) is 0 Å². The highest BCUT2D eigenvalue weighted by Crippen LogP contribution is 2.41. The van der Waals surface area contributed by atoms with E-state index in [-0.39, 0.29) is 5.78 Å². The highest BCUT2D eigenvalue weighted by molar-refractivity contribution is 5.75. The lowest BCUT2D eigenvalue weighted by atomic mass is 10.1. The Morgan fingerprint density at radius 2 is 1.70 bits per heavy atom. The molecule has 2 atom stereocenters. The minimum Gasteiger partial charge on any atom is -0.493 e. The number of anilines is 3. The number of aryl methyl sites for hydroxylation is 1. The number of hydrogen-bond donors (Lipinski definition) is 1. The molecule has 4 aromatic rings. The first-order valence-corrected chi connectivity index (χ1v) is 16.9. The minimum atomic E-state index is -0.449. The van der Waals surface area contributed by atoms with Crippen molar-refractivity contribution in [1.29, 1.82) is 0 Å². The fourth-order valence-electron chi connectivity index (χ4n) is 5.34. The third-order valence-corrected chi connectivity index (χ3v) is 8.06. The molecule has 1 N–H and O–H groups in total. The van der Waals surface area contributed by atoms with Crippen LogP contribution in [-0.2, 0) is 17.8 Å². The molecule has 13 heteroatoms. The van der Waals surface area contributed by atoms with Gasteiger partial charge in [0, 0.05) is 43.8 Å². The second kappa shape index (κ2) is 17.7. The van der Waals surface area contributed by atoms with Crippen LogP contribution in [0.5, 0.6) is 28.7 Å². The van der Waals surface area contributed by atoms with E-state index in [0.29, 0.717) is 65.9 Å². The van der Waals surface area contributed by atoms with Crippen LogP contribution >= 0.6 is 0 Å². The molecule has 0 radical (unpaired) electrons. The van der Waals surface area contributed by atoms with Gasteiger partial charge in [-0.1, -0.05) is 27.2 Å². The topological polar surface area (TPSA) is 109 Å². The molecule has 0 saturated heterocycles. The number of hydrogen-bond acceptors (Lipinski definition) is 10. The molecule has 2 aromatic heterocycles. The Balaban J connectivity index is 0.000000438. The van der Waals surface area contributed by atoms with Crippen molar-refractivity contribution in [2.24, 2.45) is 5.92 Å². The molecule has 1 fully saturated rings. The molecule has 272 valence electrons. The van der Waals surface area contributed by atoms with Crippen LogP contribution in [0.2, 0.25) is 0 Å². The summed E-state index contributed by atoms with van der Waals surface area (Å²) in [6.45, 7) is 8.90. The monoisotopic (exact) mass is 697 g/mol. The maximum absolute atomic E-state index is 14.4. The molecule has 2 aliphatic rings. The molecular formula is C37H49F2N5O6. The van der Waals surface area contributed by atoms with Gasteiger partial charge in [0.05, 0.1) is 33.2 Å². The number of fused-ring (bicyclic) bond motifs is 2. The van der Waals surface area contributed by atoms with E-state index in [9.17, 15) is 13.6 Å². The van der Waals surface area contributed by atoms with Gasteiger partial charge in [0.1, 0.15) is 42.6 Å². The van der Waals surface area contributed by atoms with Gasteiger partial charge in [-0.25, -0.2) is 13.8 Å². The highest BCUT2D eigenvalue weighted by Gasteiger charge is 2.31. The normalized spacial score (nSPS) is 15.6. The molecule has 0 spiro atoms. The first kappa shape index (κ1) is 38.0. The lowest BCUT2D eigenvalue weighted by Crippen LogP contribution is -2.21. The second-order valence-corrected chi connectivity index (χ2v) is 12.3. The summed E-state index contributed by atoms with van der Waals surface area (Å²) in [5.74, 6) is 4.04. The van der Waals surface area contributed by atoms with Gasteiger partial charge in [0.25, 0.3) is 0 Å². The number of nitrogens with one attached hydrogen (secondary N) is 1. The van der Waals surface area contributed by atoms with E-state index < -0.39 is 12.0 Å². The van der Waals surface area contributed by atoms with Crippen LogP contribution < -0.4 is 33.9 Å². The zero-order chi connectivity index (χ0) is 36.4. The summed E-state index contributed by atoms with van der Waals surface area (Å²) in [6.07, 6.45) is 5.68. The average Bonchev–Trinajstić information content (AvgIpc) is 3.59. The van der Waals surface area contributed by atoms with Crippen molar-refractivity contribution in [3.05, 3.63) is 53.5 Å². The highest BCUT2D eigenvalue weighted by atomic mass is 19.1. The third kappa shape index (κ3) is 9.66. The Kier molecular flexibility index (Phi) is 13.5. The van der Waals surface area contributed by atoms with E-state index in [4.69, 9.17) is 28.7 Å². The van der Waals surface area contributed by atoms with Crippen LogP contribution in [0.3, 0.4) is 0 Å². The molecule has 11 nitrogen and oxygen atoms in total. The fourth-order valence-corrected chi connectivity index (χ4v) is 5.34. The molecule has 1 saturated carbocycles. The number of carbonyl (C=O) groups excluding carboxylic acids is 1. The summed E-state index contributed by atoms with van der Waals surface area (Å²) in [7, 11) is 6.72. The SMILES string of the molecule is CC1CC1F.CCCC(C)=O.CCCc1cnn2c(N(C)Cc3cc(OC)c(OC)c(OC)c3)cc(Nc3cc(F)cc4c3OCCO4)nc12. The Labute approximate surface area is 292 Å². The van der Waals surface area contributed by atoms with Crippen LogP contribution in [-0.4, -0.2) is 68.1 Å². The number of methoxy groups -OCH3 is 3. The number of ketones is 1. The summed E-state index contributed by atoms with van der Waals surface area (Å²) in [6, 6.07) is 8.40. The van der Waals surface area contributed by atoms with Gasteiger partial charge in [-0.2, -0.15) is 9.61 Å². The molecule has 2 aromatic carbocycles. The van der Waals surface area contributed by atoms with Crippen molar-refractivity contribution in [3.63, 3.8) is 0 Å². The number of benzene rings is 2. The molecule has 0 bridgehead atoms. The van der Waals surface area contributed by atoms with Crippen molar-refractivity contribution in [1.82, 2.24) is 14.6 Å². The standard InChI is InChI=1S/C28H32FN5O5.C5H10O.C4H7F/c1-6-7-18-15-30-34-25(33(2)16-17-10-21(35-3)27(37-5)22(11-17)36-4)14-24(32-28(18)34)31-20-12-19(29)13-23-26(20)39-9-8-38-23;1-3-4-5(2)6;1-3-2-4(3)5/h10-15H,6-9,16H2,1-5H3,(H,31,32);3-4H2,1-2H3;3-4H,2H2,1H3. The van der Waals surface area contributed by atoms with Crippen LogP contribution in [0.15, 0.2) is 36.5 Å². The lowest BCUT2D eigenvalue weighted by molar-refractivity contribution is -0.117. The van der Waals surface area contributed by atoms with Crippen LogP contribution in [0.25, 0.3) is 5.65 Å². The summed E-state index contributed by atoms with van der Waals surface area (Å²) >= 11 is 0. The van der Waals surface area contributed by atoms with E-state index >= 15 is 0 Å². The van der Waals surface area contributed by atoms with Crippen molar-refractivity contribution in [2.75, 3.05) is 51.8 Å². The Hall–Kier alpha value is -4.81. The smallest absolute Gasteiger partial charge is 0.203 e. The first-order valence-electron chi connectivity index (χ1n) is 16.9. The second-order valence-electron chi connectivity index (χ2n) is 12.3. The minimum absolute atomic E-state index is 0.289. The number of nitrogens with zero attached hydrogens (tertiary/aromatic N) is 4. The maximum atomic E-state index is 14.4. The number of halogens is 2. The predicted octanol–water partition coefficient (Wildman–Crippen LogP) is 7.74. The third-order valence-electron chi connectivity index (χ3n) is 8.06. The number of aromatic nitrogens is 3. The number of ether oxygens (including phenoxy) is 5.